The second-order valence-electron chi connectivity index (χ2n) is 4.88. The lowest BCUT2D eigenvalue weighted by Gasteiger charge is -2.21. The normalized spacial score (nSPS) is 11.0. The summed E-state index contributed by atoms with van der Waals surface area (Å²) in [5.41, 5.74) is 1.03. The first kappa shape index (κ1) is 16.9. The second kappa shape index (κ2) is 7.19. The van der Waals surface area contributed by atoms with E-state index in [2.05, 4.69) is 10.3 Å². The molecular weight excluding hydrogens is 321 g/mol. The van der Waals surface area contributed by atoms with Crippen molar-refractivity contribution >= 4 is 21.6 Å². The minimum atomic E-state index is -3.67. The average molecular weight is 337 g/mol. The fraction of sp³-hybridized carbons (Fsp3) is 0.200. The van der Waals surface area contributed by atoms with E-state index in [-0.39, 0.29) is 18.8 Å². The fourth-order valence-corrected chi connectivity index (χ4v) is 2.75. The van der Waals surface area contributed by atoms with E-state index < -0.39 is 21.7 Å². The maximum atomic E-state index is 13.0. The summed E-state index contributed by atoms with van der Waals surface area (Å²) in [4.78, 5) is 15.9. The van der Waals surface area contributed by atoms with Crippen molar-refractivity contribution in [2.75, 3.05) is 17.1 Å². The van der Waals surface area contributed by atoms with Crippen molar-refractivity contribution in [3.05, 3.63) is 60.2 Å². The molecule has 2 aromatic rings. The number of sulfonamides is 1. The Bertz CT molecular complexity index is 764. The number of hydrogen-bond donors (Lipinski definition) is 1. The van der Waals surface area contributed by atoms with Crippen molar-refractivity contribution in [2.45, 2.75) is 6.54 Å². The van der Waals surface area contributed by atoms with Crippen LogP contribution in [-0.4, -0.2) is 32.1 Å². The van der Waals surface area contributed by atoms with Gasteiger partial charge in [0.25, 0.3) is 0 Å². The van der Waals surface area contributed by atoms with E-state index in [1.807, 2.05) is 0 Å². The van der Waals surface area contributed by atoms with Crippen LogP contribution >= 0.6 is 0 Å². The van der Waals surface area contributed by atoms with Gasteiger partial charge in [-0.3, -0.25) is 14.1 Å². The third-order valence-electron chi connectivity index (χ3n) is 3.01. The van der Waals surface area contributed by atoms with Crippen molar-refractivity contribution in [2.24, 2.45) is 0 Å². The summed E-state index contributed by atoms with van der Waals surface area (Å²) in [6, 6.07) is 8.43. The van der Waals surface area contributed by atoms with E-state index in [4.69, 9.17) is 0 Å². The number of amides is 1. The standard InChI is InChI=1S/C15H16FN3O3S/c1-23(21,22)19(14-6-4-13(16)5-7-14)11-15(20)18-10-12-3-2-8-17-9-12/h2-9H,10-11H2,1H3,(H,18,20). The highest BCUT2D eigenvalue weighted by Crippen LogP contribution is 2.17. The van der Waals surface area contributed by atoms with Crippen LogP contribution in [0.1, 0.15) is 5.56 Å². The van der Waals surface area contributed by atoms with Gasteiger partial charge in [0.2, 0.25) is 15.9 Å². The first-order valence-corrected chi connectivity index (χ1v) is 8.60. The molecule has 0 fully saturated rings. The molecule has 122 valence electrons. The Balaban J connectivity index is 2.06. The molecular formula is C15H16FN3O3S. The molecule has 0 aliphatic heterocycles. The zero-order chi connectivity index (χ0) is 16.9. The van der Waals surface area contributed by atoms with Gasteiger partial charge in [0.05, 0.1) is 11.9 Å². The SMILES string of the molecule is CS(=O)(=O)N(CC(=O)NCc1cccnc1)c1ccc(F)cc1. The van der Waals surface area contributed by atoms with E-state index in [0.29, 0.717) is 0 Å². The molecule has 0 atom stereocenters. The topological polar surface area (TPSA) is 79.4 Å². The molecule has 6 nitrogen and oxygen atoms in total. The predicted molar refractivity (Wildman–Crippen MR) is 84.7 cm³/mol. The molecule has 1 amide bonds. The maximum Gasteiger partial charge on any atom is 0.241 e. The minimum absolute atomic E-state index is 0.227. The molecule has 2 rings (SSSR count). The van der Waals surface area contributed by atoms with Gasteiger partial charge in [-0.25, -0.2) is 12.8 Å². The average Bonchev–Trinajstić information content (AvgIpc) is 2.52. The summed E-state index contributed by atoms with van der Waals surface area (Å²) < 4.78 is 37.6. The van der Waals surface area contributed by atoms with E-state index in [0.717, 1.165) is 28.3 Å². The van der Waals surface area contributed by atoms with Gasteiger partial charge in [-0.2, -0.15) is 0 Å². The van der Waals surface area contributed by atoms with Gasteiger partial charge >= 0.3 is 0 Å². The Morgan fingerprint density at radius 1 is 1.26 bits per heavy atom. The van der Waals surface area contributed by atoms with Crippen LogP contribution in [0.2, 0.25) is 0 Å². The molecule has 0 saturated heterocycles. The quantitative estimate of drug-likeness (QED) is 0.862. The highest BCUT2D eigenvalue weighted by molar-refractivity contribution is 7.92. The molecule has 0 spiro atoms. The van der Waals surface area contributed by atoms with Gasteiger partial charge in [0, 0.05) is 18.9 Å². The Hall–Kier alpha value is -2.48. The van der Waals surface area contributed by atoms with Gasteiger partial charge in [0.15, 0.2) is 0 Å². The third kappa shape index (κ3) is 5.03. The van der Waals surface area contributed by atoms with Crippen molar-refractivity contribution in [3.8, 4) is 0 Å². The molecule has 1 aromatic carbocycles. The summed E-state index contributed by atoms with van der Waals surface area (Å²) >= 11 is 0. The Morgan fingerprint density at radius 2 is 1.96 bits per heavy atom. The Labute approximate surface area is 134 Å². The second-order valence-corrected chi connectivity index (χ2v) is 6.79. The number of anilines is 1. The predicted octanol–water partition coefficient (Wildman–Crippen LogP) is 1.30. The molecule has 23 heavy (non-hydrogen) atoms. The molecule has 0 radical (unpaired) electrons. The number of carbonyl (C=O) groups is 1. The first-order valence-electron chi connectivity index (χ1n) is 6.75. The Morgan fingerprint density at radius 3 is 2.52 bits per heavy atom. The highest BCUT2D eigenvalue weighted by atomic mass is 32.2. The van der Waals surface area contributed by atoms with Crippen LogP contribution in [-0.2, 0) is 21.4 Å². The van der Waals surface area contributed by atoms with E-state index in [1.54, 1.807) is 24.5 Å². The molecule has 0 aliphatic carbocycles. The zero-order valence-electron chi connectivity index (χ0n) is 12.4. The highest BCUT2D eigenvalue weighted by Gasteiger charge is 2.20. The van der Waals surface area contributed by atoms with Gasteiger partial charge in [0.1, 0.15) is 12.4 Å². The van der Waals surface area contributed by atoms with Crippen LogP contribution in [0.5, 0.6) is 0 Å². The van der Waals surface area contributed by atoms with Crippen LogP contribution in [0.15, 0.2) is 48.8 Å². The largest absolute Gasteiger partial charge is 0.350 e. The van der Waals surface area contributed by atoms with Crippen molar-refractivity contribution in [3.63, 3.8) is 0 Å². The lowest BCUT2D eigenvalue weighted by molar-refractivity contribution is -0.119. The van der Waals surface area contributed by atoms with Gasteiger partial charge in [-0.15, -0.1) is 0 Å². The molecule has 1 N–H and O–H groups in total. The van der Waals surface area contributed by atoms with Crippen LogP contribution in [0.4, 0.5) is 10.1 Å². The van der Waals surface area contributed by atoms with E-state index in [9.17, 15) is 17.6 Å². The number of pyridine rings is 1. The number of halogens is 1. The van der Waals surface area contributed by atoms with Crippen molar-refractivity contribution in [1.29, 1.82) is 0 Å². The van der Waals surface area contributed by atoms with Crippen molar-refractivity contribution in [1.82, 2.24) is 10.3 Å². The molecule has 1 aromatic heterocycles. The monoisotopic (exact) mass is 337 g/mol. The lowest BCUT2D eigenvalue weighted by atomic mass is 10.3. The molecule has 0 saturated carbocycles. The van der Waals surface area contributed by atoms with Gasteiger partial charge in [-0.1, -0.05) is 6.07 Å². The van der Waals surface area contributed by atoms with E-state index in [1.165, 1.54) is 12.1 Å². The third-order valence-corrected chi connectivity index (χ3v) is 4.16. The molecule has 0 unspecified atom stereocenters. The number of hydrogen-bond acceptors (Lipinski definition) is 4. The number of nitrogens with zero attached hydrogens (tertiary/aromatic N) is 2. The lowest BCUT2D eigenvalue weighted by Crippen LogP contribution is -2.40. The number of aromatic nitrogens is 1. The smallest absolute Gasteiger partial charge is 0.241 e. The maximum absolute atomic E-state index is 13.0. The summed E-state index contributed by atoms with van der Waals surface area (Å²) in [6.45, 7) is -0.140. The van der Waals surface area contributed by atoms with Crippen molar-refractivity contribution < 1.29 is 17.6 Å². The van der Waals surface area contributed by atoms with Crippen LogP contribution in [0.3, 0.4) is 0 Å². The molecule has 8 heteroatoms. The summed E-state index contributed by atoms with van der Waals surface area (Å²) in [5, 5.41) is 2.62. The molecule has 0 aliphatic rings. The summed E-state index contributed by atoms with van der Waals surface area (Å²) in [7, 11) is -3.67. The number of nitrogens with one attached hydrogen (secondary N) is 1. The zero-order valence-corrected chi connectivity index (χ0v) is 13.3. The van der Waals surface area contributed by atoms with Crippen LogP contribution in [0.25, 0.3) is 0 Å². The number of benzene rings is 1. The number of rotatable bonds is 6. The molecule has 0 bridgehead atoms. The summed E-state index contributed by atoms with van der Waals surface area (Å²) in [5.74, 6) is -0.952. The fourth-order valence-electron chi connectivity index (χ4n) is 1.90. The van der Waals surface area contributed by atoms with Crippen LogP contribution < -0.4 is 9.62 Å². The van der Waals surface area contributed by atoms with Gasteiger partial charge < -0.3 is 5.32 Å². The van der Waals surface area contributed by atoms with Gasteiger partial charge in [-0.05, 0) is 35.9 Å². The Kier molecular flexibility index (Phi) is 5.28. The summed E-state index contributed by atoms with van der Waals surface area (Å²) in [6.07, 6.45) is 4.21. The minimum Gasteiger partial charge on any atom is -0.350 e. The van der Waals surface area contributed by atoms with E-state index >= 15 is 0 Å². The van der Waals surface area contributed by atoms with Crippen LogP contribution in [0, 0.1) is 5.82 Å². The first-order chi connectivity index (χ1) is 10.9. The molecule has 1 heterocycles. The number of carbonyl (C=O) groups excluding carboxylic acids is 1.